The molecule has 6 heteroatoms. The van der Waals surface area contributed by atoms with Crippen LogP contribution in [0.1, 0.15) is 252 Å². The first kappa shape index (κ1) is 72.0. The molecule has 0 spiro atoms. The summed E-state index contributed by atoms with van der Waals surface area (Å²) in [4.78, 5) is 38.2. The Labute approximate surface area is 473 Å². The summed E-state index contributed by atoms with van der Waals surface area (Å²) < 4.78 is 16.8. The second kappa shape index (κ2) is 63.6. The van der Waals surface area contributed by atoms with Crippen LogP contribution in [0.2, 0.25) is 0 Å². The molecule has 1 atom stereocenters. The van der Waals surface area contributed by atoms with E-state index in [-0.39, 0.29) is 37.5 Å². The molecule has 0 radical (unpaired) electrons. The smallest absolute Gasteiger partial charge is 0.306 e. The lowest BCUT2D eigenvalue weighted by atomic mass is 10.0. The molecule has 0 aliphatic carbocycles. The summed E-state index contributed by atoms with van der Waals surface area (Å²) in [6.07, 6.45) is 92.6. The minimum Gasteiger partial charge on any atom is -0.462 e. The van der Waals surface area contributed by atoms with Crippen molar-refractivity contribution in [1.82, 2.24) is 0 Å². The number of unbranched alkanes of at least 4 members (excludes halogenated alkanes) is 17. The Morgan fingerprint density at radius 2 is 0.468 bits per heavy atom. The molecule has 0 aromatic carbocycles. The zero-order chi connectivity index (χ0) is 55.7. The molecule has 0 aromatic heterocycles. The van der Waals surface area contributed by atoms with Gasteiger partial charge in [0.05, 0.1) is 0 Å². The van der Waals surface area contributed by atoms with Crippen LogP contribution >= 0.6 is 0 Å². The monoisotopic (exact) mass is 1060 g/mol. The summed E-state index contributed by atoms with van der Waals surface area (Å²) in [5.74, 6) is -1.01. The quantitative estimate of drug-likeness (QED) is 0.0261. The minimum atomic E-state index is -0.825. The Morgan fingerprint density at radius 3 is 0.753 bits per heavy atom. The second-order valence-electron chi connectivity index (χ2n) is 19.8. The van der Waals surface area contributed by atoms with Crippen LogP contribution < -0.4 is 0 Å². The fourth-order valence-corrected chi connectivity index (χ4v) is 7.98. The van der Waals surface area contributed by atoms with Crippen molar-refractivity contribution in [2.45, 2.75) is 258 Å². The number of hydrogen-bond donors (Lipinski definition) is 0. The van der Waals surface area contributed by atoms with Crippen molar-refractivity contribution in [2.75, 3.05) is 13.2 Å². The first-order chi connectivity index (χ1) is 38.0. The highest BCUT2D eigenvalue weighted by atomic mass is 16.6. The van der Waals surface area contributed by atoms with Crippen LogP contribution in [-0.2, 0) is 28.6 Å². The molecule has 0 N–H and O–H groups in total. The Morgan fingerprint density at radius 1 is 0.260 bits per heavy atom. The van der Waals surface area contributed by atoms with E-state index in [1.807, 2.05) is 0 Å². The maximum Gasteiger partial charge on any atom is 0.306 e. The van der Waals surface area contributed by atoms with Gasteiger partial charge in [-0.1, -0.05) is 249 Å². The third-order valence-corrected chi connectivity index (χ3v) is 12.5. The lowest BCUT2D eigenvalue weighted by Crippen LogP contribution is -2.30. The van der Waals surface area contributed by atoms with E-state index in [1.54, 1.807) is 0 Å². The van der Waals surface area contributed by atoms with E-state index in [0.717, 1.165) is 128 Å². The van der Waals surface area contributed by atoms with Gasteiger partial charge in [0.25, 0.3) is 0 Å². The lowest BCUT2D eigenvalue weighted by Gasteiger charge is -2.18. The molecule has 6 nitrogen and oxygen atoms in total. The highest BCUT2D eigenvalue weighted by Crippen LogP contribution is 2.15. The molecule has 0 amide bonds. The predicted molar refractivity (Wildman–Crippen MR) is 334 cm³/mol. The van der Waals surface area contributed by atoms with Gasteiger partial charge in [0.2, 0.25) is 0 Å². The van der Waals surface area contributed by atoms with Crippen molar-refractivity contribution in [3.8, 4) is 0 Å². The molecule has 0 aromatic rings. The van der Waals surface area contributed by atoms with Crippen molar-refractivity contribution in [3.05, 3.63) is 158 Å². The molecule has 432 valence electrons. The van der Waals surface area contributed by atoms with Crippen molar-refractivity contribution < 1.29 is 28.6 Å². The number of carbonyl (C=O) groups is 3. The van der Waals surface area contributed by atoms with Gasteiger partial charge in [-0.2, -0.15) is 0 Å². The Bertz CT molecular complexity index is 1740. The summed E-state index contributed by atoms with van der Waals surface area (Å²) in [7, 11) is 0. The van der Waals surface area contributed by atoms with Crippen LogP contribution in [0.3, 0.4) is 0 Å². The van der Waals surface area contributed by atoms with E-state index in [4.69, 9.17) is 14.2 Å². The Hall–Kier alpha value is -4.97. The zero-order valence-electron chi connectivity index (χ0n) is 49.4. The van der Waals surface area contributed by atoms with Gasteiger partial charge in [0.1, 0.15) is 13.2 Å². The van der Waals surface area contributed by atoms with E-state index in [9.17, 15) is 14.4 Å². The van der Waals surface area contributed by atoms with E-state index in [1.165, 1.54) is 70.6 Å². The molecule has 0 aliphatic rings. The van der Waals surface area contributed by atoms with E-state index in [0.29, 0.717) is 25.7 Å². The lowest BCUT2D eigenvalue weighted by molar-refractivity contribution is -0.167. The van der Waals surface area contributed by atoms with Gasteiger partial charge < -0.3 is 14.2 Å². The largest absolute Gasteiger partial charge is 0.462 e. The molecular formula is C71H112O6. The summed E-state index contributed by atoms with van der Waals surface area (Å²) in [5.41, 5.74) is 0. The molecule has 0 rings (SSSR count). The van der Waals surface area contributed by atoms with Crippen LogP contribution in [0.5, 0.6) is 0 Å². The SMILES string of the molecule is CC/C=C\C/C=C\C/C=C\C/C=C\C/C=C\CCCCCCCCCCCCCCCC(=O)OCC(COC(=O)CCCC/C=C\C/C=C\C/C=C\C/C=C\CC)OC(=O)CCCC/C=C\C/C=C\C/C=C\C/C=C\CC. The Kier molecular flexibility index (Phi) is 59.5. The van der Waals surface area contributed by atoms with Crippen molar-refractivity contribution in [3.63, 3.8) is 0 Å². The van der Waals surface area contributed by atoms with E-state index >= 15 is 0 Å². The molecule has 0 saturated carbocycles. The number of carbonyl (C=O) groups excluding carboxylic acids is 3. The maximum atomic E-state index is 12.9. The highest BCUT2D eigenvalue weighted by Gasteiger charge is 2.19. The molecule has 77 heavy (non-hydrogen) atoms. The van der Waals surface area contributed by atoms with Crippen LogP contribution in [0.4, 0.5) is 0 Å². The fraction of sp³-hybridized carbons (Fsp3) is 0.592. The predicted octanol–water partition coefficient (Wildman–Crippen LogP) is 21.3. The minimum absolute atomic E-state index is 0.114. The van der Waals surface area contributed by atoms with Crippen molar-refractivity contribution in [1.29, 1.82) is 0 Å². The van der Waals surface area contributed by atoms with Gasteiger partial charge in [0, 0.05) is 19.3 Å². The molecule has 0 aliphatic heterocycles. The topological polar surface area (TPSA) is 78.9 Å². The third-order valence-electron chi connectivity index (χ3n) is 12.5. The number of allylic oxidation sites excluding steroid dienone is 26. The van der Waals surface area contributed by atoms with Gasteiger partial charge in [0.15, 0.2) is 6.10 Å². The number of ether oxygens (including phenoxy) is 3. The Balaban J connectivity index is 4.36. The molecule has 0 fully saturated rings. The third kappa shape index (κ3) is 61.8. The maximum absolute atomic E-state index is 12.9. The molecular weight excluding hydrogens is 949 g/mol. The van der Waals surface area contributed by atoms with Gasteiger partial charge in [-0.05, 0) is 141 Å². The van der Waals surface area contributed by atoms with Gasteiger partial charge in [-0.15, -0.1) is 0 Å². The summed E-state index contributed by atoms with van der Waals surface area (Å²) in [6, 6.07) is 0. The van der Waals surface area contributed by atoms with Crippen LogP contribution in [0.25, 0.3) is 0 Å². The fourth-order valence-electron chi connectivity index (χ4n) is 7.98. The van der Waals surface area contributed by atoms with Gasteiger partial charge in [-0.25, -0.2) is 0 Å². The van der Waals surface area contributed by atoms with Gasteiger partial charge in [-0.3, -0.25) is 14.4 Å². The van der Waals surface area contributed by atoms with Crippen molar-refractivity contribution in [2.24, 2.45) is 0 Å². The number of hydrogen-bond acceptors (Lipinski definition) is 6. The van der Waals surface area contributed by atoms with Crippen molar-refractivity contribution >= 4 is 17.9 Å². The normalized spacial score (nSPS) is 13.2. The summed E-state index contributed by atoms with van der Waals surface area (Å²) >= 11 is 0. The average molecular weight is 1060 g/mol. The highest BCUT2D eigenvalue weighted by molar-refractivity contribution is 5.71. The molecule has 0 heterocycles. The molecule has 1 unspecified atom stereocenters. The van der Waals surface area contributed by atoms with E-state index in [2.05, 4.69) is 179 Å². The van der Waals surface area contributed by atoms with E-state index < -0.39 is 6.10 Å². The summed E-state index contributed by atoms with van der Waals surface area (Å²) in [6.45, 7) is 6.22. The standard InChI is InChI=1S/C71H112O6/c1-4-7-10-13-16-19-22-25-28-29-30-31-32-33-34-35-36-37-38-39-40-41-44-46-49-52-55-58-61-64-70(73)76-67-68(77-71(74)65-62-59-56-53-50-47-43-27-24-21-18-15-12-9-6-3)66-75-69(72)63-60-57-54-51-48-45-42-26-23-20-17-14-11-8-5-2/h7-12,16-21,25-28,30-31,33-34,42-43,48,50-51,53,68H,4-6,13-15,22-24,29,32,35-41,44-47,49,52,54-67H2,1-3H3/b10-7-,11-8-,12-9-,19-16-,20-17-,21-18-,28-25-,31-30-,34-33-,42-26-,43-27-,51-48-,53-50-. The van der Waals surface area contributed by atoms with Gasteiger partial charge >= 0.3 is 17.9 Å². The molecule has 0 saturated heterocycles. The number of rotatable bonds is 54. The van der Waals surface area contributed by atoms with Crippen LogP contribution in [-0.4, -0.2) is 37.2 Å². The van der Waals surface area contributed by atoms with Crippen LogP contribution in [0.15, 0.2) is 158 Å². The van der Waals surface area contributed by atoms with Crippen LogP contribution in [0, 0.1) is 0 Å². The summed E-state index contributed by atoms with van der Waals surface area (Å²) in [5, 5.41) is 0. The second-order valence-corrected chi connectivity index (χ2v) is 19.8. The zero-order valence-corrected chi connectivity index (χ0v) is 49.4. The first-order valence-electron chi connectivity index (χ1n) is 31.0. The molecule has 0 bridgehead atoms. The average Bonchev–Trinajstić information content (AvgIpc) is 3.43. The number of esters is 3. The first-order valence-corrected chi connectivity index (χ1v) is 31.0.